The van der Waals surface area contributed by atoms with Gasteiger partial charge in [0.15, 0.2) is 12.7 Å². The van der Waals surface area contributed by atoms with Gasteiger partial charge in [0.2, 0.25) is 0 Å². The molecule has 0 aliphatic heterocycles. The van der Waals surface area contributed by atoms with Gasteiger partial charge in [0.1, 0.15) is 11.8 Å². The Bertz CT molecular complexity index is 685. The van der Waals surface area contributed by atoms with Gasteiger partial charge in [-0.1, -0.05) is 31.4 Å². The van der Waals surface area contributed by atoms with Crippen molar-refractivity contribution in [2.45, 2.75) is 45.1 Å². The Balaban J connectivity index is 1.73. The smallest absolute Gasteiger partial charge is 0.331 e. The van der Waals surface area contributed by atoms with Crippen molar-refractivity contribution in [2.75, 3.05) is 13.2 Å². The van der Waals surface area contributed by atoms with E-state index in [0.717, 1.165) is 18.4 Å². The van der Waals surface area contributed by atoms with Crippen LogP contribution >= 0.6 is 0 Å². The summed E-state index contributed by atoms with van der Waals surface area (Å²) in [5.74, 6) is 0.284. The number of ether oxygens (including phenoxy) is 2. The van der Waals surface area contributed by atoms with Gasteiger partial charge in [0.05, 0.1) is 0 Å². The van der Waals surface area contributed by atoms with Crippen LogP contribution in [0.1, 0.15) is 44.6 Å². The first-order valence-electron chi connectivity index (χ1n) is 9.34. The SMILES string of the molecule is C[C@H](OC(=O)/C=C\c1ccc(OCC#N)cc1)C(=O)NCC1CCCCC1. The van der Waals surface area contributed by atoms with E-state index in [9.17, 15) is 9.59 Å². The van der Waals surface area contributed by atoms with Crippen molar-refractivity contribution in [3.05, 3.63) is 35.9 Å². The van der Waals surface area contributed by atoms with Crippen molar-refractivity contribution in [3.63, 3.8) is 0 Å². The summed E-state index contributed by atoms with van der Waals surface area (Å²) in [6.45, 7) is 2.21. The molecule has 0 unspecified atom stereocenters. The van der Waals surface area contributed by atoms with Crippen LogP contribution in [-0.4, -0.2) is 31.1 Å². The Kier molecular flexibility index (Phi) is 8.37. The van der Waals surface area contributed by atoms with Crippen molar-refractivity contribution in [1.29, 1.82) is 5.26 Å². The fraction of sp³-hybridized carbons (Fsp3) is 0.476. The van der Waals surface area contributed by atoms with Gasteiger partial charge in [-0.3, -0.25) is 4.79 Å². The molecule has 0 aromatic heterocycles. The van der Waals surface area contributed by atoms with Crippen LogP contribution in [0.15, 0.2) is 30.3 Å². The molecule has 1 aliphatic rings. The van der Waals surface area contributed by atoms with Crippen molar-refractivity contribution in [2.24, 2.45) is 5.92 Å². The van der Waals surface area contributed by atoms with Crippen molar-refractivity contribution in [3.8, 4) is 11.8 Å². The molecule has 6 heteroatoms. The monoisotopic (exact) mass is 370 g/mol. The first kappa shape index (κ1) is 20.5. The number of benzene rings is 1. The van der Waals surface area contributed by atoms with Crippen molar-refractivity contribution in [1.82, 2.24) is 5.32 Å². The molecular weight excluding hydrogens is 344 g/mol. The summed E-state index contributed by atoms with van der Waals surface area (Å²) in [4.78, 5) is 24.0. The lowest BCUT2D eigenvalue weighted by Crippen LogP contribution is -2.38. The normalized spacial score (nSPS) is 15.7. The molecule has 1 N–H and O–H groups in total. The summed E-state index contributed by atoms with van der Waals surface area (Å²) >= 11 is 0. The highest BCUT2D eigenvalue weighted by atomic mass is 16.5. The first-order valence-corrected chi connectivity index (χ1v) is 9.34. The van der Waals surface area contributed by atoms with E-state index >= 15 is 0 Å². The minimum atomic E-state index is -0.826. The van der Waals surface area contributed by atoms with Crippen LogP contribution in [0.4, 0.5) is 0 Å². The van der Waals surface area contributed by atoms with Crippen molar-refractivity contribution < 1.29 is 19.1 Å². The standard InChI is InChI=1S/C21H26N2O4/c1-16(21(25)23-15-18-5-3-2-4-6-18)27-20(24)12-9-17-7-10-19(11-8-17)26-14-13-22/h7-12,16,18H,2-6,14-15H2,1H3,(H,23,25)/b12-9-/t16-/m0/s1. The Labute approximate surface area is 160 Å². The molecule has 0 bridgehead atoms. The molecule has 1 atom stereocenters. The molecule has 0 spiro atoms. The molecule has 27 heavy (non-hydrogen) atoms. The Morgan fingerprint density at radius 2 is 1.96 bits per heavy atom. The molecule has 0 heterocycles. The van der Waals surface area contributed by atoms with E-state index in [1.54, 1.807) is 37.3 Å². The summed E-state index contributed by atoms with van der Waals surface area (Å²) in [5, 5.41) is 11.3. The zero-order valence-corrected chi connectivity index (χ0v) is 15.6. The predicted molar refractivity (Wildman–Crippen MR) is 102 cm³/mol. The highest BCUT2D eigenvalue weighted by Crippen LogP contribution is 2.22. The van der Waals surface area contributed by atoms with Crippen LogP contribution in [-0.2, 0) is 14.3 Å². The van der Waals surface area contributed by atoms with Crippen LogP contribution in [0.5, 0.6) is 5.75 Å². The van der Waals surface area contributed by atoms with Crippen LogP contribution in [0, 0.1) is 17.2 Å². The number of nitriles is 1. The lowest BCUT2D eigenvalue weighted by Gasteiger charge is -2.22. The number of carbonyl (C=O) groups excluding carboxylic acids is 2. The Morgan fingerprint density at radius 3 is 2.63 bits per heavy atom. The van der Waals surface area contributed by atoms with E-state index in [-0.39, 0.29) is 12.5 Å². The fourth-order valence-corrected chi connectivity index (χ4v) is 3.00. The minimum Gasteiger partial charge on any atom is -0.479 e. The largest absolute Gasteiger partial charge is 0.479 e. The van der Waals surface area contributed by atoms with Gasteiger partial charge in [-0.15, -0.1) is 0 Å². The number of amides is 1. The van der Waals surface area contributed by atoms with Gasteiger partial charge in [-0.2, -0.15) is 5.26 Å². The summed E-state index contributed by atoms with van der Waals surface area (Å²) < 4.78 is 10.3. The maximum absolute atomic E-state index is 12.1. The number of nitrogens with one attached hydrogen (secondary N) is 1. The van der Waals surface area contributed by atoms with Gasteiger partial charge < -0.3 is 14.8 Å². The molecular formula is C21H26N2O4. The number of hydrogen-bond acceptors (Lipinski definition) is 5. The second-order valence-corrected chi connectivity index (χ2v) is 6.68. The number of rotatable bonds is 8. The van der Waals surface area contributed by atoms with Crippen LogP contribution in [0.25, 0.3) is 6.08 Å². The maximum atomic E-state index is 12.1. The summed E-state index contributed by atoms with van der Waals surface area (Å²) in [5.41, 5.74) is 0.783. The average Bonchev–Trinajstić information content (AvgIpc) is 2.70. The van der Waals surface area contributed by atoms with Crippen LogP contribution < -0.4 is 10.1 Å². The average molecular weight is 370 g/mol. The molecule has 144 valence electrons. The molecule has 0 radical (unpaired) electrons. The minimum absolute atomic E-state index is 0.0117. The number of nitrogens with zero attached hydrogens (tertiary/aromatic N) is 1. The predicted octanol–water partition coefficient (Wildman–Crippen LogP) is 3.23. The number of hydrogen-bond donors (Lipinski definition) is 1. The molecule has 1 aliphatic carbocycles. The Hall–Kier alpha value is -2.81. The summed E-state index contributed by atoms with van der Waals surface area (Å²) in [6, 6.07) is 8.84. The zero-order valence-electron chi connectivity index (χ0n) is 15.6. The molecule has 1 fully saturated rings. The molecule has 1 aromatic carbocycles. The third kappa shape index (κ3) is 7.53. The maximum Gasteiger partial charge on any atom is 0.331 e. The molecule has 2 rings (SSSR count). The first-order chi connectivity index (χ1) is 13.1. The second kappa shape index (κ2) is 11.0. The zero-order chi connectivity index (χ0) is 19.5. The summed E-state index contributed by atoms with van der Waals surface area (Å²) in [6.07, 6.45) is 8.09. The lowest BCUT2D eigenvalue weighted by atomic mass is 9.89. The third-order valence-electron chi connectivity index (χ3n) is 4.55. The molecule has 1 aromatic rings. The van der Waals surface area contributed by atoms with Crippen LogP contribution in [0.2, 0.25) is 0 Å². The highest BCUT2D eigenvalue weighted by molar-refractivity contribution is 5.90. The van der Waals surface area contributed by atoms with Gasteiger partial charge in [0, 0.05) is 12.6 Å². The lowest BCUT2D eigenvalue weighted by molar-refractivity contribution is -0.150. The summed E-state index contributed by atoms with van der Waals surface area (Å²) in [7, 11) is 0. The highest BCUT2D eigenvalue weighted by Gasteiger charge is 2.19. The molecule has 1 amide bonds. The topological polar surface area (TPSA) is 88.4 Å². The Morgan fingerprint density at radius 1 is 1.26 bits per heavy atom. The van der Waals surface area contributed by atoms with E-state index in [1.807, 2.05) is 6.07 Å². The van der Waals surface area contributed by atoms with Gasteiger partial charge in [0.25, 0.3) is 5.91 Å². The molecule has 0 saturated heterocycles. The second-order valence-electron chi connectivity index (χ2n) is 6.68. The quantitative estimate of drug-likeness (QED) is 0.561. The van der Waals surface area contributed by atoms with E-state index in [0.29, 0.717) is 18.2 Å². The number of carbonyl (C=O) groups is 2. The van der Waals surface area contributed by atoms with E-state index in [2.05, 4.69) is 5.32 Å². The fourth-order valence-electron chi connectivity index (χ4n) is 3.00. The molecule has 1 saturated carbocycles. The van der Waals surface area contributed by atoms with Crippen molar-refractivity contribution >= 4 is 18.0 Å². The van der Waals surface area contributed by atoms with Gasteiger partial charge >= 0.3 is 5.97 Å². The van der Waals surface area contributed by atoms with E-state index in [1.165, 1.54) is 25.3 Å². The van der Waals surface area contributed by atoms with E-state index < -0.39 is 12.1 Å². The molecule has 6 nitrogen and oxygen atoms in total. The van der Waals surface area contributed by atoms with E-state index in [4.69, 9.17) is 14.7 Å². The van der Waals surface area contributed by atoms with Crippen LogP contribution in [0.3, 0.4) is 0 Å². The number of esters is 1. The van der Waals surface area contributed by atoms with Gasteiger partial charge in [-0.05, 0) is 49.5 Å². The van der Waals surface area contributed by atoms with Gasteiger partial charge in [-0.25, -0.2) is 4.79 Å². The third-order valence-corrected chi connectivity index (χ3v) is 4.55.